The van der Waals surface area contributed by atoms with E-state index < -0.39 is 0 Å². The van der Waals surface area contributed by atoms with Crippen molar-refractivity contribution >= 4 is 17.5 Å². The molecule has 1 saturated heterocycles. The minimum Gasteiger partial charge on any atom is -0.355 e. The van der Waals surface area contributed by atoms with E-state index in [-0.39, 0.29) is 17.7 Å². The lowest BCUT2D eigenvalue weighted by Gasteiger charge is -2.12. The first-order valence-electron chi connectivity index (χ1n) is 5.86. The molecule has 1 unspecified atom stereocenters. The second kappa shape index (κ2) is 4.99. The molecule has 2 amide bonds. The van der Waals surface area contributed by atoms with E-state index in [4.69, 9.17) is 0 Å². The highest BCUT2D eigenvalue weighted by molar-refractivity contribution is 5.97. The van der Waals surface area contributed by atoms with E-state index >= 15 is 0 Å². The zero-order valence-corrected chi connectivity index (χ0v) is 9.82. The van der Waals surface area contributed by atoms with Crippen LogP contribution in [0.2, 0.25) is 0 Å². The molecule has 0 radical (unpaired) electrons. The fourth-order valence-electron chi connectivity index (χ4n) is 1.98. The summed E-state index contributed by atoms with van der Waals surface area (Å²) in [5.41, 5.74) is 1.96. The van der Waals surface area contributed by atoms with Gasteiger partial charge in [0.15, 0.2) is 0 Å². The Morgan fingerprint density at radius 1 is 1.47 bits per heavy atom. The zero-order chi connectivity index (χ0) is 12.3. The fourth-order valence-corrected chi connectivity index (χ4v) is 1.98. The summed E-state index contributed by atoms with van der Waals surface area (Å²) in [4.78, 5) is 23.0. The van der Waals surface area contributed by atoms with Crippen LogP contribution in [0.5, 0.6) is 0 Å². The van der Waals surface area contributed by atoms with Gasteiger partial charge in [-0.25, -0.2) is 0 Å². The maximum absolute atomic E-state index is 11.9. The molecule has 1 atom stereocenters. The van der Waals surface area contributed by atoms with Gasteiger partial charge in [0.2, 0.25) is 11.8 Å². The third-order valence-corrected chi connectivity index (χ3v) is 3.00. The SMILES string of the molecule is CCc1ccccc1NC(=O)C1CNC(=O)C1. The average molecular weight is 232 g/mol. The van der Waals surface area contributed by atoms with Crippen LogP contribution >= 0.6 is 0 Å². The van der Waals surface area contributed by atoms with Gasteiger partial charge >= 0.3 is 0 Å². The second-order valence-electron chi connectivity index (χ2n) is 4.21. The van der Waals surface area contributed by atoms with Crippen LogP contribution < -0.4 is 10.6 Å². The number of benzene rings is 1. The maximum Gasteiger partial charge on any atom is 0.229 e. The maximum atomic E-state index is 11.9. The zero-order valence-electron chi connectivity index (χ0n) is 9.82. The number of nitrogens with one attached hydrogen (secondary N) is 2. The Bertz CT molecular complexity index is 443. The van der Waals surface area contributed by atoms with Crippen molar-refractivity contribution in [1.29, 1.82) is 0 Å². The van der Waals surface area contributed by atoms with Gasteiger partial charge in [0.1, 0.15) is 0 Å². The monoisotopic (exact) mass is 232 g/mol. The number of anilines is 1. The van der Waals surface area contributed by atoms with E-state index in [2.05, 4.69) is 10.6 Å². The fraction of sp³-hybridized carbons (Fsp3) is 0.385. The number of hydrogen-bond donors (Lipinski definition) is 2. The van der Waals surface area contributed by atoms with Gasteiger partial charge in [-0.15, -0.1) is 0 Å². The molecule has 1 aliphatic heterocycles. The number of carbonyl (C=O) groups excluding carboxylic acids is 2. The van der Waals surface area contributed by atoms with E-state index in [0.717, 1.165) is 17.7 Å². The van der Waals surface area contributed by atoms with Crippen LogP contribution in [-0.2, 0) is 16.0 Å². The van der Waals surface area contributed by atoms with E-state index in [1.54, 1.807) is 0 Å². The molecular formula is C13H16N2O2. The summed E-state index contributed by atoms with van der Waals surface area (Å²) < 4.78 is 0. The molecule has 4 nitrogen and oxygen atoms in total. The number of carbonyl (C=O) groups is 2. The summed E-state index contributed by atoms with van der Waals surface area (Å²) >= 11 is 0. The molecule has 0 spiro atoms. The molecule has 2 rings (SSSR count). The van der Waals surface area contributed by atoms with E-state index in [9.17, 15) is 9.59 Å². The molecule has 0 aromatic heterocycles. The van der Waals surface area contributed by atoms with Gasteiger partial charge < -0.3 is 10.6 Å². The van der Waals surface area contributed by atoms with Crippen molar-refractivity contribution in [2.24, 2.45) is 5.92 Å². The molecule has 17 heavy (non-hydrogen) atoms. The summed E-state index contributed by atoms with van der Waals surface area (Å²) in [6, 6.07) is 7.73. The smallest absolute Gasteiger partial charge is 0.229 e. The molecule has 0 saturated carbocycles. The molecule has 1 aliphatic rings. The molecule has 4 heteroatoms. The summed E-state index contributed by atoms with van der Waals surface area (Å²) in [5, 5.41) is 5.56. The number of hydrogen-bond acceptors (Lipinski definition) is 2. The molecule has 1 aromatic carbocycles. The predicted octanol–water partition coefficient (Wildman–Crippen LogP) is 1.32. The normalized spacial score (nSPS) is 18.9. The Labute approximate surface area is 100 Å². The minimum absolute atomic E-state index is 0.0473. The van der Waals surface area contributed by atoms with Gasteiger partial charge in [-0.05, 0) is 18.1 Å². The van der Waals surface area contributed by atoms with Gasteiger partial charge in [-0.2, -0.15) is 0 Å². The molecular weight excluding hydrogens is 216 g/mol. The van der Waals surface area contributed by atoms with Crippen LogP contribution in [0.25, 0.3) is 0 Å². The summed E-state index contributed by atoms with van der Waals surface area (Å²) in [5.74, 6) is -0.370. The van der Waals surface area contributed by atoms with Crippen LogP contribution in [0.1, 0.15) is 18.9 Å². The van der Waals surface area contributed by atoms with Crippen molar-refractivity contribution in [2.75, 3.05) is 11.9 Å². The van der Waals surface area contributed by atoms with Crippen molar-refractivity contribution in [1.82, 2.24) is 5.32 Å². The standard InChI is InChI=1S/C13H16N2O2/c1-2-9-5-3-4-6-11(9)15-13(17)10-7-12(16)14-8-10/h3-6,10H,2,7-8H2,1H3,(H,14,16)(H,15,17). The van der Waals surface area contributed by atoms with Gasteiger partial charge in [0.05, 0.1) is 5.92 Å². The highest BCUT2D eigenvalue weighted by Gasteiger charge is 2.28. The molecule has 1 fully saturated rings. The first-order chi connectivity index (χ1) is 8.20. The van der Waals surface area contributed by atoms with Gasteiger partial charge in [-0.1, -0.05) is 25.1 Å². The van der Waals surface area contributed by atoms with Crippen molar-refractivity contribution in [3.05, 3.63) is 29.8 Å². The van der Waals surface area contributed by atoms with Gasteiger partial charge in [0, 0.05) is 18.7 Å². The van der Waals surface area contributed by atoms with Crippen LogP contribution in [0.15, 0.2) is 24.3 Å². The Hall–Kier alpha value is -1.84. The molecule has 1 aromatic rings. The van der Waals surface area contributed by atoms with Crippen molar-refractivity contribution in [2.45, 2.75) is 19.8 Å². The van der Waals surface area contributed by atoms with E-state index in [1.807, 2.05) is 31.2 Å². The molecule has 90 valence electrons. The lowest BCUT2D eigenvalue weighted by molar-refractivity contribution is -0.123. The first-order valence-corrected chi connectivity index (χ1v) is 5.86. The number of rotatable bonds is 3. The van der Waals surface area contributed by atoms with Crippen LogP contribution in [0.4, 0.5) is 5.69 Å². The topological polar surface area (TPSA) is 58.2 Å². The van der Waals surface area contributed by atoms with Crippen molar-refractivity contribution in [3.8, 4) is 0 Å². The van der Waals surface area contributed by atoms with Gasteiger partial charge in [0.25, 0.3) is 0 Å². The van der Waals surface area contributed by atoms with E-state index in [1.165, 1.54) is 0 Å². The highest BCUT2D eigenvalue weighted by atomic mass is 16.2. The minimum atomic E-state index is -0.243. The quantitative estimate of drug-likeness (QED) is 0.825. The lowest BCUT2D eigenvalue weighted by atomic mass is 10.1. The Morgan fingerprint density at radius 2 is 2.24 bits per heavy atom. The third-order valence-electron chi connectivity index (χ3n) is 3.00. The molecule has 0 bridgehead atoms. The Morgan fingerprint density at radius 3 is 2.88 bits per heavy atom. The average Bonchev–Trinajstić information content (AvgIpc) is 2.77. The second-order valence-corrected chi connectivity index (χ2v) is 4.21. The number of aryl methyl sites for hydroxylation is 1. The Balaban J connectivity index is 2.05. The molecule has 2 N–H and O–H groups in total. The van der Waals surface area contributed by atoms with E-state index in [0.29, 0.717) is 13.0 Å². The lowest BCUT2D eigenvalue weighted by Crippen LogP contribution is -2.25. The first kappa shape index (κ1) is 11.6. The highest BCUT2D eigenvalue weighted by Crippen LogP contribution is 2.18. The largest absolute Gasteiger partial charge is 0.355 e. The Kier molecular flexibility index (Phi) is 3.42. The van der Waals surface area contributed by atoms with Crippen molar-refractivity contribution in [3.63, 3.8) is 0 Å². The summed E-state index contributed by atoms with van der Waals surface area (Å²) in [6.45, 7) is 2.49. The molecule has 0 aliphatic carbocycles. The van der Waals surface area contributed by atoms with Gasteiger partial charge in [-0.3, -0.25) is 9.59 Å². The third kappa shape index (κ3) is 2.64. The number of para-hydroxylation sites is 1. The number of amides is 2. The predicted molar refractivity (Wildman–Crippen MR) is 65.6 cm³/mol. The summed E-state index contributed by atoms with van der Waals surface area (Å²) in [7, 11) is 0. The molecule has 1 heterocycles. The van der Waals surface area contributed by atoms with Crippen LogP contribution in [0.3, 0.4) is 0 Å². The van der Waals surface area contributed by atoms with Crippen LogP contribution in [-0.4, -0.2) is 18.4 Å². The van der Waals surface area contributed by atoms with Crippen LogP contribution in [0, 0.1) is 5.92 Å². The van der Waals surface area contributed by atoms with Crippen molar-refractivity contribution < 1.29 is 9.59 Å². The summed E-state index contributed by atoms with van der Waals surface area (Å²) in [6.07, 6.45) is 1.17.